The quantitative estimate of drug-likeness (QED) is 0.304. The van der Waals surface area contributed by atoms with Crippen molar-refractivity contribution in [3.05, 3.63) is 54.4 Å². The molecule has 6 N–H and O–H groups in total. The lowest BCUT2D eigenvalue weighted by molar-refractivity contribution is 0.1000. The van der Waals surface area contributed by atoms with E-state index in [1.54, 1.807) is 35.4 Å². The minimum absolute atomic E-state index is 0.0459. The van der Waals surface area contributed by atoms with Crippen LogP contribution in [0.15, 0.2) is 43.0 Å². The predicted molar refractivity (Wildman–Crippen MR) is 123 cm³/mol. The fourth-order valence-corrected chi connectivity index (χ4v) is 3.82. The van der Waals surface area contributed by atoms with Crippen LogP contribution in [-0.2, 0) is 0 Å². The van der Waals surface area contributed by atoms with Crippen LogP contribution in [0.1, 0.15) is 36.5 Å². The van der Waals surface area contributed by atoms with Crippen molar-refractivity contribution in [2.24, 2.45) is 11.7 Å². The maximum Gasteiger partial charge on any atom is 0.404 e. The van der Waals surface area contributed by atoms with E-state index in [9.17, 15) is 19.1 Å². The van der Waals surface area contributed by atoms with E-state index in [1.165, 1.54) is 6.20 Å². The molecule has 1 saturated carbocycles. The van der Waals surface area contributed by atoms with Gasteiger partial charge in [0.1, 0.15) is 5.82 Å². The summed E-state index contributed by atoms with van der Waals surface area (Å²) in [6.07, 6.45) is 7.67. The van der Waals surface area contributed by atoms with Gasteiger partial charge in [-0.05, 0) is 43.4 Å². The summed E-state index contributed by atoms with van der Waals surface area (Å²) in [5, 5.41) is 21.9. The molecule has 3 aromatic rings. The molecule has 0 aliphatic heterocycles. The molecule has 2 atom stereocenters. The number of hydrogen-bond acceptors (Lipinski definition) is 7. The third kappa shape index (κ3) is 5.22. The first kappa shape index (κ1) is 23.0. The molecule has 3 heterocycles. The van der Waals surface area contributed by atoms with Crippen LogP contribution in [-0.4, -0.2) is 48.9 Å². The minimum Gasteiger partial charge on any atom is -0.465 e. The first-order chi connectivity index (χ1) is 16.4. The van der Waals surface area contributed by atoms with Crippen molar-refractivity contribution in [2.75, 3.05) is 10.6 Å². The molecular formula is C22H25FN8O3. The number of rotatable bonds is 10. The number of carbonyl (C=O) groups excluding carboxylic acids is 1. The summed E-state index contributed by atoms with van der Waals surface area (Å²) in [6, 6.07) is 3.72. The molecule has 0 bridgehead atoms. The molecular weight excluding hydrogens is 443 g/mol. The van der Waals surface area contributed by atoms with Gasteiger partial charge in [0, 0.05) is 12.4 Å². The fourth-order valence-electron chi connectivity index (χ4n) is 3.82. The van der Waals surface area contributed by atoms with E-state index in [0.29, 0.717) is 17.8 Å². The van der Waals surface area contributed by atoms with E-state index in [4.69, 9.17) is 5.73 Å². The minimum atomic E-state index is -1.15. The number of nitrogens with two attached hydrogens (primary N) is 1. The van der Waals surface area contributed by atoms with Gasteiger partial charge in [-0.1, -0.05) is 6.92 Å². The van der Waals surface area contributed by atoms with E-state index in [-0.39, 0.29) is 29.2 Å². The van der Waals surface area contributed by atoms with Crippen LogP contribution < -0.4 is 21.7 Å². The molecule has 0 unspecified atom stereocenters. The second kappa shape index (κ2) is 9.73. The molecule has 1 aliphatic carbocycles. The molecule has 1 aliphatic rings. The number of aromatic nitrogens is 4. The number of primary amides is 1. The number of halogens is 1. The second-order valence-corrected chi connectivity index (χ2v) is 8.06. The molecule has 0 spiro atoms. The highest BCUT2D eigenvalue weighted by molar-refractivity contribution is 5.98. The molecule has 2 amide bonds. The summed E-state index contributed by atoms with van der Waals surface area (Å²) in [4.78, 5) is 31.7. The zero-order valence-electron chi connectivity index (χ0n) is 18.4. The Balaban J connectivity index is 1.65. The molecule has 11 nitrogen and oxygen atoms in total. The van der Waals surface area contributed by atoms with Gasteiger partial charge >= 0.3 is 6.09 Å². The third-order valence-corrected chi connectivity index (χ3v) is 5.61. The molecule has 0 saturated heterocycles. The smallest absolute Gasteiger partial charge is 0.404 e. The Morgan fingerprint density at radius 3 is 2.71 bits per heavy atom. The maximum atomic E-state index is 14.9. The number of carbonyl (C=O) groups is 2. The monoisotopic (exact) mass is 468 g/mol. The van der Waals surface area contributed by atoms with E-state index >= 15 is 0 Å². The molecule has 34 heavy (non-hydrogen) atoms. The highest BCUT2D eigenvalue weighted by atomic mass is 19.1. The van der Waals surface area contributed by atoms with Crippen LogP contribution in [0.4, 0.5) is 26.5 Å². The highest BCUT2D eigenvalue weighted by Gasteiger charge is 2.37. The molecule has 1 fully saturated rings. The van der Waals surface area contributed by atoms with Crippen molar-refractivity contribution in [1.82, 2.24) is 25.1 Å². The summed E-state index contributed by atoms with van der Waals surface area (Å²) in [7, 11) is 0. The van der Waals surface area contributed by atoms with Gasteiger partial charge in [-0.25, -0.2) is 18.9 Å². The van der Waals surface area contributed by atoms with Gasteiger partial charge in [0.2, 0.25) is 0 Å². The molecule has 178 valence electrons. The number of amides is 2. The lowest BCUT2D eigenvalue weighted by Crippen LogP contribution is -2.47. The maximum absolute atomic E-state index is 14.9. The number of hydrogen-bond donors (Lipinski definition) is 5. The van der Waals surface area contributed by atoms with Crippen LogP contribution in [0.5, 0.6) is 0 Å². The van der Waals surface area contributed by atoms with E-state index in [2.05, 4.69) is 31.0 Å². The zero-order valence-corrected chi connectivity index (χ0v) is 18.4. The fraction of sp³-hybridized carbons (Fsp3) is 0.318. The first-order valence-electron chi connectivity index (χ1n) is 10.8. The molecule has 0 radical (unpaired) electrons. The third-order valence-electron chi connectivity index (χ3n) is 5.61. The van der Waals surface area contributed by atoms with Crippen LogP contribution in [0.2, 0.25) is 0 Å². The van der Waals surface area contributed by atoms with E-state index in [1.807, 2.05) is 6.92 Å². The van der Waals surface area contributed by atoms with Crippen molar-refractivity contribution in [1.29, 1.82) is 0 Å². The Morgan fingerprint density at radius 1 is 1.29 bits per heavy atom. The first-order valence-corrected chi connectivity index (χ1v) is 10.8. The van der Waals surface area contributed by atoms with Gasteiger partial charge in [0.25, 0.3) is 5.91 Å². The Hall–Kier alpha value is -4.22. The number of carboxylic acid groups (broad SMARTS) is 1. The van der Waals surface area contributed by atoms with Crippen LogP contribution >= 0.6 is 0 Å². The summed E-state index contributed by atoms with van der Waals surface area (Å²) in [6.45, 7) is 1.85. The number of pyridine rings is 2. The zero-order chi connectivity index (χ0) is 24.2. The predicted octanol–water partition coefficient (Wildman–Crippen LogP) is 2.88. The Morgan fingerprint density at radius 2 is 2.09 bits per heavy atom. The van der Waals surface area contributed by atoms with Crippen molar-refractivity contribution in [3.63, 3.8) is 0 Å². The number of nitrogens with one attached hydrogen (secondary N) is 3. The van der Waals surface area contributed by atoms with Crippen LogP contribution in [0, 0.1) is 11.7 Å². The van der Waals surface area contributed by atoms with E-state index < -0.39 is 23.9 Å². The van der Waals surface area contributed by atoms with Crippen molar-refractivity contribution < 1.29 is 19.1 Å². The van der Waals surface area contributed by atoms with Crippen molar-refractivity contribution >= 4 is 29.3 Å². The van der Waals surface area contributed by atoms with Gasteiger partial charge in [0.05, 0.1) is 41.4 Å². The van der Waals surface area contributed by atoms with Gasteiger partial charge < -0.3 is 26.8 Å². The molecule has 3 aromatic heterocycles. The average Bonchev–Trinajstić information content (AvgIpc) is 3.49. The Labute approximate surface area is 194 Å². The standard InChI is InChI=1S/C22H25FN8O3/c1-2-17(28-22(33)34)18(12-4-5-12)29-21-16(23)9-15(19(24)32)20(30-21)27-13-8-14(11-25-10-13)31-7-3-6-26-31/h3,6-12,17-18,28H,2,4-5H2,1H3,(H2,24,32)(H,33,34)(H2,27,29,30)/t17-,18-/m0/s1. The van der Waals surface area contributed by atoms with Crippen molar-refractivity contribution in [3.8, 4) is 5.69 Å². The summed E-state index contributed by atoms with van der Waals surface area (Å²) < 4.78 is 16.5. The normalized spacial score (nSPS) is 14.8. The second-order valence-electron chi connectivity index (χ2n) is 8.06. The largest absolute Gasteiger partial charge is 0.465 e. The lowest BCUT2D eigenvalue weighted by atomic mass is 10.0. The SMILES string of the molecule is CC[C@H](NC(=O)O)[C@@H](Nc1nc(Nc2cncc(-n3cccn3)c2)c(C(N)=O)cc1F)C1CC1. The summed E-state index contributed by atoms with van der Waals surface area (Å²) in [5.74, 6) is -1.50. The van der Waals surface area contributed by atoms with Crippen molar-refractivity contribution in [2.45, 2.75) is 38.3 Å². The molecule has 4 rings (SSSR count). The van der Waals surface area contributed by atoms with Crippen LogP contribution in [0.3, 0.4) is 0 Å². The van der Waals surface area contributed by atoms with E-state index in [0.717, 1.165) is 18.9 Å². The lowest BCUT2D eigenvalue weighted by Gasteiger charge is -2.28. The molecule has 0 aromatic carbocycles. The Bertz CT molecular complexity index is 1180. The Kier molecular flexibility index (Phi) is 6.57. The van der Waals surface area contributed by atoms with Gasteiger partial charge in [-0.3, -0.25) is 9.78 Å². The number of anilines is 3. The average molecular weight is 468 g/mol. The van der Waals surface area contributed by atoms with Crippen LogP contribution in [0.25, 0.3) is 5.69 Å². The summed E-state index contributed by atoms with van der Waals surface area (Å²) in [5.41, 5.74) is 6.48. The topological polar surface area (TPSA) is 160 Å². The number of nitrogens with zero attached hydrogens (tertiary/aromatic N) is 4. The van der Waals surface area contributed by atoms with Gasteiger partial charge in [-0.2, -0.15) is 5.10 Å². The van der Waals surface area contributed by atoms with Gasteiger partial charge in [0.15, 0.2) is 11.6 Å². The highest BCUT2D eigenvalue weighted by Crippen LogP contribution is 2.37. The summed E-state index contributed by atoms with van der Waals surface area (Å²) >= 11 is 0. The van der Waals surface area contributed by atoms with Gasteiger partial charge in [-0.15, -0.1) is 0 Å². The molecule has 12 heteroatoms.